The molecule has 12 heteroatoms. The van der Waals surface area contributed by atoms with Crippen LogP contribution in [-0.4, -0.2) is 68.5 Å². The minimum absolute atomic E-state index is 0.0156. The van der Waals surface area contributed by atoms with Crippen molar-refractivity contribution in [3.05, 3.63) is 53.9 Å². The number of nitrogens with zero attached hydrogens (tertiary/aromatic N) is 3. The Morgan fingerprint density at radius 1 is 1.17 bits per heavy atom. The van der Waals surface area contributed by atoms with Crippen LogP contribution >= 0.6 is 11.8 Å². The van der Waals surface area contributed by atoms with Gasteiger partial charge in [-0.15, -0.1) is 11.8 Å². The van der Waals surface area contributed by atoms with Crippen molar-refractivity contribution < 1.29 is 27.2 Å². The number of rotatable bonds is 9. The number of aromatic nitrogens is 2. The summed E-state index contributed by atoms with van der Waals surface area (Å²) in [6.45, 7) is 4.13. The van der Waals surface area contributed by atoms with Crippen LogP contribution in [0.4, 0.5) is 0 Å². The second kappa shape index (κ2) is 11.2. The van der Waals surface area contributed by atoms with Crippen LogP contribution in [-0.2, 0) is 21.3 Å². The molecule has 10 nitrogen and oxygen atoms in total. The van der Waals surface area contributed by atoms with Crippen molar-refractivity contribution in [3.8, 4) is 17.1 Å². The molecule has 1 saturated heterocycles. The van der Waals surface area contributed by atoms with Gasteiger partial charge in [-0.25, -0.2) is 13.1 Å². The molecular weight excluding hydrogens is 492 g/mol. The highest BCUT2D eigenvalue weighted by atomic mass is 32.2. The molecule has 4 rings (SSSR count). The van der Waals surface area contributed by atoms with Crippen LogP contribution in [0.1, 0.15) is 23.2 Å². The van der Waals surface area contributed by atoms with Crippen LogP contribution in [0, 0.1) is 0 Å². The molecule has 0 bridgehead atoms. The number of thioether (sulfide) groups is 1. The molecule has 0 aliphatic carbocycles. The Bertz CT molecular complexity index is 1270. The quantitative estimate of drug-likeness (QED) is 0.426. The molecule has 35 heavy (non-hydrogen) atoms. The first-order valence-electron chi connectivity index (χ1n) is 11.0. The summed E-state index contributed by atoms with van der Waals surface area (Å²) in [5.41, 5.74) is 1.06. The average Bonchev–Trinajstić information content (AvgIpc) is 3.37. The van der Waals surface area contributed by atoms with Gasteiger partial charge in [0.15, 0.2) is 0 Å². The molecule has 1 aliphatic heterocycles. The number of carbonyl (C=O) groups is 1. The number of amides is 1. The van der Waals surface area contributed by atoms with Crippen molar-refractivity contribution in [2.45, 2.75) is 23.3 Å². The minimum Gasteiger partial charge on any atom is -0.494 e. The summed E-state index contributed by atoms with van der Waals surface area (Å²) in [4.78, 5) is 19.7. The molecule has 0 saturated carbocycles. The second-order valence-corrected chi connectivity index (χ2v) is 10.2. The van der Waals surface area contributed by atoms with Gasteiger partial charge in [0.2, 0.25) is 21.7 Å². The molecule has 1 fully saturated rings. The van der Waals surface area contributed by atoms with Crippen LogP contribution in [0.3, 0.4) is 0 Å². The van der Waals surface area contributed by atoms with Gasteiger partial charge in [-0.1, -0.05) is 5.16 Å². The van der Waals surface area contributed by atoms with Gasteiger partial charge in [0.05, 0.1) is 36.8 Å². The first kappa shape index (κ1) is 25.2. The Balaban J connectivity index is 1.47. The van der Waals surface area contributed by atoms with E-state index in [1.165, 1.54) is 23.9 Å². The van der Waals surface area contributed by atoms with Crippen molar-refractivity contribution in [2.24, 2.45) is 0 Å². The molecule has 2 aromatic carbocycles. The third-order valence-corrected chi connectivity index (χ3v) is 7.51. The third-order valence-electron chi connectivity index (χ3n) is 5.31. The lowest BCUT2D eigenvalue weighted by atomic mass is 10.2. The summed E-state index contributed by atoms with van der Waals surface area (Å²) in [6.07, 6.45) is 1.84. The Kier molecular flexibility index (Phi) is 8.06. The zero-order chi connectivity index (χ0) is 24.8. The standard InChI is InChI=1S/C23H26N4O6S2/c1-3-32-17-6-4-16(5-7-17)22-25-21(33-26-22)15-24-35(29,30)18-8-9-20(34-2)19(14-18)23(28)27-10-12-31-13-11-27/h4-9,14,24H,3,10-13,15H2,1-2H3. The maximum atomic E-state index is 13.0. The molecule has 2 heterocycles. The van der Waals surface area contributed by atoms with E-state index >= 15 is 0 Å². The van der Waals surface area contributed by atoms with E-state index in [1.807, 2.05) is 13.2 Å². The summed E-state index contributed by atoms with van der Waals surface area (Å²) in [7, 11) is -3.94. The highest BCUT2D eigenvalue weighted by Gasteiger charge is 2.24. The van der Waals surface area contributed by atoms with E-state index in [-0.39, 0.29) is 23.2 Å². The highest BCUT2D eigenvalue weighted by molar-refractivity contribution is 7.98. The SMILES string of the molecule is CCOc1ccc(-c2noc(CNS(=O)(=O)c3ccc(SC)c(C(=O)N4CCOCC4)c3)n2)cc1. The Labute approximate surface area is 208 Å². The number of benzene rings is 2. The Morgan fingerprint density at radius 3 is 2.60 bits per heavy atom. The molecule has 0 radical (unpaired) electrons. The van der Waals surface area contributed by atoms with Gasteiger partial charge in [-0.3, -0.25) is 4.79 Å². The number of hydrogen-bond donors (Lipinski definition) is 1. The Hall–Kier alpha value is -2.93. The molecular formula is C23H26N4O6S2. The smallest absolute Gasteiger partial charge is 0.255 e. The maximum Gasteiger partial charge on any atom is 0.255 e. The van der Waals surface area contributed by atoms with Crippen LogP contribution in [0.2, 0.25) is 0 Å². The van der Waals surface area contributed by atoms with Gasteiger partial charge in [0, 0.05) is 23.5 Å². The largest absolute Gasteiger partial charge is 0.494 e. The monoisotopic (exact) mass is 518 g/mol. The number of morpholine rings is 1. The Morgan fingerprint density at radius 2 is 1.91 bits per heavy atom. The summed E-state index contributed by atoms with van der Waals surface area (Å²) in [6, 6.07) is 11.7. The lowest BCUT2D eigenvalue weighted by molar-refractivity contribution is 0.0300. The van der Waals surface area contributed by atoms with Crippen molar-refractivity contribution in [2.75, 3.05) is 39.2 Å². The number of carbonyl (C=O) groups excluding carboxylic acids is 1. The van der Waals surface area contributed by atoms with Gasteiger partial charge < -0.3 is 18.9 Å². The van der Waals surface area contributed by atoms with Crippen molar-refractivity contribution in [1.29, 1.82) is 0 Å². The lowest BCUT2D eigenvalue weighted by Gasteiger charge is -2.27. The zero-order valence-corrected chi connectivity index (χ0v) is 21.0. The fourth-order valence-corrected chi connectivity index (χ4v) is 5.08. The predicted octanol–water partition coefficient (Wildman–Crippen LogP) is 2.81. The van der Waals surface area contributed by atoms with Crippen LogP contribution in [0.5, 0.6) is 5.75 Å². The van der Waals surface area contributed by atoms with E-state index in [1.54, 1.807) is 35.2 Å². The van der Waals surface area contributed by atoms with Crippen molar-refractivity contribution in [3.63, 3.8) is 0 Å². The summed E-state index contributed by atoms with van der Waals surface area (Å²) >= 11 is 1.39. The normalized spacial score (nSPS) is 14.2. The molecule has 1 aliphatic rings. The second-order valence-electron chi connectivity index (χ2n) is 7.56. The minimum atomic E-state index is -3.94. The van der Waals surface area contributed by atoms with Crippen molar-refractivity contribution >= 4 is 27.7 Å². The first-order chi connectivity index (χ1) is 16.9. The number of ether oxygens (including phenoxy) is 2. The highest BCUT2D eigenvalue weighted by Crippen LogP contribution is 2.26. The summed E-state index contributed by atoms with van der Waals surface area (Å²) < 4.78 is 44.3. The third kappa shape index (κ3) is 6.01. The van der Waals surface area contributed by atoms with E-state index in [4.69, 9.17) is 14.0 Å². The van der Waals surface area contributed by atoms with E-state index in [2.05, 4.69) is 14.9 Å². The number of nitrogens with one attached hydrogen (secondary N) is 1. The van der Waals surface area contributed by atoms with Gasteiger partial charge in [0.1, 0.15) is 5.75 Å². The van der Waals surface area contributed by atoms with Gasteiger partial charge >= 0.3 is 0 Å². The first-order valence-corrected chi connectivity index (χ1v) is 13.7. The zero-order valence-electron chi connectivity index (χ0n) is 19.4. The average molecular weight is 519 g/mol. The van der Waals surface area contributed by atoms with Gasteiger partial charge in [0.25, 0.3) is 5.91 Å². The molecule has 1 amide bonds. The van der Waals surface area contributed by atoms with Gasteiger partial charge in [-0.2, -0.15) is 4.98 Å². The van der Waals surface area contributed by atoms with Gasteiger partial charge in [-0.05, 0) is 55.6 Å². The molecule has 1 N–H and O–H groups in total. The molecule has 186 valence electrons. The van der Waals surface area contributed by atoms with E-state index in [0.29, 0.717) is 54.8 Å². The van der Waals surface area contributed by atoms with Crippen LogP contribution < -0.4 is 9.46 Å². The van der Waals surface area contributed by atoms with Crippen LogP contribution in [0.25, 0.3) is 11.4 Å². The topological polar surface area (TPSA) is 124 Å². The van der Waals surface area contributed by atoms with E-state index in [0.717, 1.165) is 5.75 Å². The van der Waals surface area contributed by atoms with Crippen molar-refractivity contribution in [1.82, 2.24) is 19.8 Å². The maximum absolute atomic E-state index is 13.0. The fourth-order valence-electron chi connectivity index (χ4n) is 3.51. The molecule has 3 aromatic rings. The van der Waals surface area contributed by atoms with E-state index < -0.39 is 10.0 Å². The molecule has 1 aromatic heterocycles. The fraction of sp³-hybridized carbons (Fsp3) is 0.348. The summed E-state index contributed by atoms with van der Waals surface area (Å²) in [5.74, 6) is 0.964. The molecule has 0 atom stereocenters. The lowest BCUT2D eigenvalue weighted by Crippen LogP contribution is -2.41. The number of hydrogen-bond acceptors (Lipinski definition) is 9. The molecule has 0 unspecified atom stereocenters. The predicted molar refractivity (Wildman–Crippen MR) is 130 cm³/mol. The summed E-state index contributed by atoms with van der Waals surface area (Å²) in [5, 5.41) is 3.92. The molecule has 0 spiro atoms. The van der Waals surface area contributed by atoms with E-state index in [9.17, 15) is 13.2 Å². The van der Waals surface area contributed by atoms with Crippen LogP contribution in [0.15, 0.2) is 56.8 Å². The number of sulfonamides is 1.